The maximum atomic E-state index is 5.73. The third kappa shape index (κ3) is 6.35. The maximum absolute atomic E-state index is 5.73. The number of thiophene rings is 1. The van der Waals surface area contributed by atoms with Crippen LogP contribution in [-0.2, 0) is 4.74 Å². The fourth-order valence-electron chi connectivity index (χ4n) is 3.85. The third-order valence-electron chi connectivity index (χ3n) is 5.22. The van der Waals surface area contributed by atoms with Crippen LogP contribution in [0.1, 0.15) is 49.9 Å². The zero-order valence-electron chi connectivity index (χ0n) is 15.9. The molecule has 0 bridgehead atoms. The van der Waals surface area contributed by atoms with Gasteiger partial charge in [-0.15, -0.1) is 35.3 Å². The van der Waals surface area contributed by atoms with E-state index in [0.29, 0.717) is 18.2 Å². The van der Waals surface area contributed by atoms with E-state index in [0.717, 1.165) is 32.2 Å². The summed E-state index contributed by atoms with van der Waals surface area (Å²) in [5.41, 5.74) is 0. The van der Waals surface area contributed by atoms with Crippen molar-refractivity contribution in [1.82, 2.24) is 15.5 Å². The maximum Gasteiger partial charge on any atom is 0.191 e. The molecule has 0 radical (unpaired) electrons. The molecule has 148 valence electrons. The van der Waals surface area contributed by atoms with Crippen LogP contribution in [0, 0.1) is 0 Å². The van der Waals surface area contributed by atoms with Gasteiger partial charge in [0.1, 0.15) is 0 Å². The minimum atomic E-state index is 0. The molecule has 1 aliphatic heterocycles. The van der Waals surface area contributed by atoms with Crippen molar-refractivity contribution in [3.8, 4) is 0 Å². The van der Waals surface area contributed by atoms with E-state index < -0.39 is 0 Å². The lowest BCUT2D eigenvalue weighted by Gasteiger charge is -2.37. The average molecular weight is 492 g/mol. The van der Waals surface area contributed by atoms with Crippen molar-refractivity contribution < 1.29 is 4.74 Å². The molecule has 2 fully saturated rings. The SMILES string of the molecule is CN=C(NCC(c1cccs1)N1CCOC(C)C1)NC1CCCCC1.I. The Kier molecular flexibility index (Phi) is 9.66. The van der Waals surface area contributed by atoms with Crippen LogP contribution >= 0.6 is 35.3 Å². The number of ether oxygens (including phenoxy) is 1. The molecule has 0 spiro atoms. The lowest BCUT2D eigenvalue weighted by molar-refractivity contribution is -0.0334. The Balaban J connectivity index is 0.00000243. The lowest BCUT2D eigenvalue weighted by atomic mass is 9.96. The standard InChI is InChI=1S/C19H32N4OS.HI/c1-15-14-23(10-11-24-15)17(18-9-6-12-25-18)13-21-19(20-2)22-16-7-4-3-5-8-16;/h6,9,12,15-17H,3-5,7-8,10-11,13-14H2,1-2H3,(H2,20,21,22);1H. The molecule has 26 heavy (non-hydrogen) atoms. The molecule has 2 unspecified atom stereocenters. The third-order valence-corrected chi connectivity index (χ3v) is 6.19. The van der Waals surface area contributed by atoms with E-state index in [1.54, 1.807) is 0 Å². The van der Waals surface area contributed by atoms with Gasteiger partial charge in [0.25, 0.3) is 0 Å². The Morgan fingerprint density at radius 1 is 1.38 bits per heavy atom. The summed E-state index contributed by atoms with van der Waals surface area (Å²) in [6.45, 7) is 5.83. The van der Waals surface area contributed by atoms with Crippen molar-refractivity contribution in [2.75, 3.05) is 33.3 Å². The minimum absolute atomic E-state index is 0. The first-order chi connectivity index (χ1) is 12.3. The van der Waals surface area contributed by atoms with E-state index in [9.17, 15) is 0 Å². The summed E-state index contributed by atoms with van der Waals surface area (Å²) >= 11 is 1.84. The van der Waals surface area contributed by atoms with Gasteiger partial charge in [0, 0.05) is 37.6 Å². The van der Waals surface area contributed by atoms with Gasteiger partial charge in [-0.2, -0.15) is 0 Å². The fraction of sp³-hybridized carbons (Fsp3) is 0.737. The largest absolute Gasteiger partial charge is 0.376 e. The summed E-state index contributed by atoms with van der Waals surface area (Å²) < 4.78 is 5.73. The summed E-state index contributed by atoms with van der Waals surface area (Å²) in [5.74, 6) is 0.940. The van der Waals surface area contributed by atoms with Crippen LogP contribution in [0.25, 0.3) is 0 Å². The molecule has 1 saturated carbocycles. The summed E-state index contributed by atoms with van der Waals surface area (Å²) in [4.78, 5) is 8.40. The number of aliphatic imine (C=N–C) groups is 1. The second kappa shape index (κ2) is 11.5. The van der Waals surface area contributed by atoms with Crippen molar-refractivity contribution in [2.24, 2.45) is 4.99 Å². The monoisotopic (exact) mass is 492 g/mol. The van der Waals surface area contributed by atoms with Crippen molar-refractivity contribution in [3.63, 3.8) is 0 Å². The summed E-state index contributed by atoms with van der Waals surface area (Å²) in [6.07, 6.45) is 6.86. The fourth-order valence-corrected chi connectivity index (χ4v) is 4.71. The first-order valence-electron chi connectivity index (χ1n) is 9.62. The molecular weight excluding hydrogens is 459 g/mol. The smallest absolute Gasteiger partial charge is 0.191 e. The molecule has 2 aliphatic rings. The normalized spacial score (nSPS) is 23.9. The Hall–Kier alpha value is -0.380. The van der Waals surface area contributed by atoms with E-state index in [1.165, 1.54) is 37.0 Å². The number of guanidine groups is 1. The molecule has 1 aromatic heterocycles. The van der Waals surface area contributed by atoms with E-state index in [4.69, 9.17) is 4.74 Å². The van der Waals surface area contributed by atoms with Gasteiger partial charge in [0.15, 0.2) is 5.96 Å². The average Bonchev–Trinajstić information content (AvgIpc) is 3.16. The van der Waals surface area contributed by atoms with Gasteiger partial charge >= 0.3 is 0 Å². The van der Waals surface area contributed by atoms with Gasteiger partial charge in [-0.25, -0.2) is 0 Å². The van der Waals surface area contributed by atoms with Crippen LogP contribution in [0.3, 0.4) is 0 Å². The van der Waals surface area contributed by atoms with Gasteiger partial charge in [0.2, 0.25) is 0 Å². The number of hydrogen-bond acceptors (Lipinski definition) is 4. The topological polar surface area (TPSA) is 48.9 Å². The van der Waals surface area contributed by atoms with Crippen molar-refractivity contribution in [3.05, 3.63) is 22.4 Å². The predicted molar refractivity (Wildman–Crippen MR) is 121 cm³/mol. The van der Waals surface area contributed by atoms with Crippen LogP contribution in [0.15, 0.2) is 22.5 Å². The van der Waals surface area contributed by atoms with Crippen LogP contribution < -0.4 is 10.6 Å². The molecule has 3 rings (SSSR count). The molecular formula is C19H33IN4OS. The molecule has 2 N–H and O–H groups in total. The predicted octanol–water partition coefficient (Wildman–Crippen LogP) is 3.63. The number of halogens is 1. The molecule has 2 heterocycles. The molecule has 0 amide bonds. The zero-order valence-corrected chi connectivity index (χ0v) is 19.1. The Labute approximate surface area is 179 Å². The van der Waals surface area contributed by atoms with Crippen molar-refractivity contribution in [1.29, 1.82) is 0 Å². The Bertz CT molecular complexity index is 534. The summed E-state index contributed by atoms with van der Waals surface area (Å²) in [6, 6.07) is 5.33. The Morgan fingerprint density at radius 3 is 2.85 bits per heavy atom. The second-order valence-corrected chi connectivity index (χ2v) is 8.12. The van der Waals surface area contributed by atoms with E-state index in [-0.39, 0.29) is 24.0 Å². The highest BCUT2D eigenvalue weighted by molar-refractivity contribution is 14.0. The number of nitrogens with zero attached hydrogens (tertiary/aromatic N) is 2. The second-order valence-electron chi connectivity index (χ2n) is 7.14. The van der Waals surface area contributed by atoms with Crippen molar-refractivity contribution >= 4 is 41.3 Å². The van der Waals surface area contributed by atoms with Gasteiger partial charge in [-0.05, 0) is 31.2 Å². The van der Waals surface area contributed by atoms with Crippen LogP contribution in [0.2, 0.25) is 0 Å². The van der Waals surface area contributed by atoms with Crippen LogP contribution in [0.4, 0.5) is 0 Å². The quantitative estimate of drug-likeness (QED) is 0.375. The molecule has 7 heteroatoms. The summed E-state index contributed by atoms with van der Waals surface area (Å²) in [5, 5.41) is 9.37. The van der Waals surface area contributed by atoms with Crippen molar-refractivity contribution in [2.45, 2.75) is 57.2 Å². The van der Waals surface area contributed by atoms with E-state index in [2.05, 4.69) is 45.0 Å². The van der Waals surface area contributed by atoms with E-state index >= 15 is 0 Å². The highest BCUT2D eigenvalue weighted by atomic mass is 127. The molecule has 0 aromatic carbocycles. The highest BCUT2D eigenvalue weighted by Crippen LogP contribution is 2.26. The van der Waals surface area contributed by atoms with Crippen LogP contribution in [0.5, 0.6) is 0 Å². The number of hydrogen-bond donors (Lipinski definition) is 2. The number of nitrogens with one attached hydrogen (secondary N) is 2. The molecule has 1 saturated heterocycles. The molecule has 1 aromatic rings. The molecule has 1 aliphatic carbocycles. The zero-order chi connectivity index (χ0) is 17.5. The minimum Gasteiger partial charge on any atom is -0.376 e. The van der Waals surface area contributed by atoms with Gasteiger partial charge in [0.05, 0.1) is 18.8 Å². The molecule has 2 atom stereocenters. The van der Waals surface area contributed by atoms with E-state index in [1.807, 2.05) is 18.4 Å². The first-order valence-corrected chi connectivity index (χ1v) is 10.5. The number of rotatable bonds is 5. The van der Waals surface area contributed by atoms with Gasteiger partial charge < -0.3 is 15.4 Å². The van der Waals surface area contributed by atoms with Gasteiger partial charge in [-0.3, -0.25) is 9.89 Å². The summed E-state index contributed by atoms with van der Waals surface area (Å²) in [7, 11) is 1.87. The number of morpholine rings is 1. The van der Waals surface area contributed by atoms with Gasteiger partial charge in [-0.1, -0.05) is 25.3 Å². The molecule has 5 nitrogen and oxygen atoms in total. The lowest BCUT2D eigenvalue weighted by Crippen LogP contribution is -2.49. The Morgan fingerprint density at radius 2 is 2.19 bits per heavy atom. The van der Waals surface area contributed by atoms with Crippen LogP contribution in [-0.4, -0.2) is 56.3 Å². The highest BCUT2D eigenvalue weighted by Gasteiger charge is 2.26. The first kappa shape index (κ1) is 21.9.